The summed E-state index contributed by atoms with van der Waals surface area (Å²) < 4.78 is 9.56. The second-order valence-electron chi connectivity index (χ2n) is 7.53. The highest BCUT2D eigenvalue weighted by molar-refractivity contribution is 7.99. The Labute approximate surface area is 217 Å². The lowest BCUT2D eigenvalue weighted by molar-refractivity contribution is -0.113. The first-order chi connectivity index (χ1) is 17.2. The van der Waals surface area contributed by atoms with E-state index in [1.54, 1.807) is 6.92 Å². The lowest BCUT2D eigenvalue weighted by Gasteiger charge is -2.06. The fourth-order valence-electron chi connectivity index (χ4n) is 3.65. The zero-order valence-corrected chi connectivity index (χ0v) is 22.2. The molecule has 0 atom stereocenters. The van der Waals surface area contributed by atoms with E-state index in [0.29, 0.717) is 20.9 Å². The molecule has 0 spiro atoms. The average Bonchev–Trinajstić information content (AvgIpc) is 3.38. The minimum absolute atomic E-state index is 0.0878. The van der Waals surface area contributed by atoms with Crippen LogP contribution >= 0.6 is 34.4 Å². The van der Waals surface area contributed by atoms with Crippen LogP contribution in [0.4, 0.5) is 5.00 Å². The van der Waals surface area contributed by atoms with E-state index in [-0.39, 0.29) is 26.8 Å². The van der Waals surface area contributed by atoms with E-state index in [1.165, 1.54) is 25.6 Å². The smallest absolute Gasteiger partial charge is 0.348 e. The Hall–Kier alpha value is -3.48. The van der Waals surface area contributed by atoms with Crippen LogP contribution in [-0.4, -0.2) is 47.8 Å². The van der Waals surface area contributed by atoms with Crippen LogP contribution in [0, 0.1) is 13.8 Å². The molecule has 0 fully saturated rings. The largest absolute Gasteiger partial charge is 0.465 e. The van der Waals surface area contributed by atoms with Crippen LogP contribution < -0.4 is 10.9 Å². The number of carbonyl (C=O) groups is 3. The predicted molar refractivity (Wildman–Crippen MR) is 142 cm³/mol. The zero-order chi connectivity index (χ0) is 26.0. The molecule has 0 aliphatic rings. The molecule has 1 amide bonds. The maximum Gasteiger partial charge on any atom is 0.348 e. The van der Waals surface area contributed by atoms with Gasteiger partial charge in [0.15, 0.2) is 5.16 Å². The summed E-state index contributed by atoms with van der Waals surface area (Å²) in [5.41, 5.74) is 1.96. The highest BCUT2D eigenvalue weighted by Gasteiger charge is 2.27. The monoisotopic (exact) mass is 543 g/mol. The number of aromatic nitrogens is 2. The van der Waals surface area contributed by atoms with Crippen molar-refractivity contribution < 1.29 is 23.9 Å². The molecule has 4 rings (SSSR count). The summed E-state index contributed by atoms with van der Waals surface area (Å²) in [6.07, 6.45) is 0. The molecule has 3 aromatic heterocycles. The first kappa shape index (κ1) is 25.6. The topological polar surface area (TPSA) is 127 Å². The Morgan fingerprint density at radius 2 is 1.75 bits per heavy atom. The molecule has 0 aliphatic carbocycles. The number of carbonyl (C=O) groups excluding carboxylic acids is 3. The van der Waals surface area contributed by atoms with E-state index in [1.807, 2.05) is 37.3 Å². The second-order valence-corrected chi connectivity index (χ2v) is 10.7. The van der Waals surface area contributed by atoms with Crippen molar-refractivity contribution in [3.05, 3.63) is 61.6 Å². The van der Waals surface area contributed by atoms with Crippen molar-refractivity contribution in [1.82, 2.24) is 9.97 Å². The summed E-state index contributed by atoms with van der Waals surface area (Å²) in [5.74, 6) is -1.83. The van der Waals surface area contributed by atoms with E-state index in [9.17, 15) is 19.2 Å². The molecule has 0 saturated carbocycles. The maximum atomic E-state index is 12.9. The molecule has 3 heterocycles. The van der Waals surface area contributed by atoms with Crippen LogP contribution in [0.3, 0.4) is 0 Å². The molecule has 0 aliphatic heterocycles. The van der Waals surface area contributed by atoms with Gasteiger partial charge in [0.1, 0.15) is 14.7 Å². The number of esters is 2. The summed E-state index contributed by atoms with van der Waals surface area (Å²) in [4.78, 5) is 59.0. The average molecular weight is 544 g/mol. The number of thiophene rings is 2. The van der Waals surface area contributed by atoms with Crippen LogP contribution in [0.5, 0.6) is 0 Å². The molecule has 4 aromatic rings. The fraction of sp³-hybridized carbons (Fsp3) is 0.208. The SMILES string of the molecule is COC(=O)c1sc(NC(=O)CSc2nc3sc(C)c(-c4ccccc4)c3c(=O)[nH]2)c(C(=O)OC)c1C. The predicted octanol–water partition coefficient (Wildman–Crippen LogP) is 4.63. The molecule has 12 heteroatoms. The Kier molecular flexibility index (Phi) is 7.57. The standard InChI is InChI=1S/C24H21N3O6S3/c1-11-15(22(30)32-3)20(36-18(11)23(31)33-4)25-14(28)10-34-24-26-19(29)17-16(12(2)35-21(17)27-24)13-8-6-5-7-9-13/h5-9H,10H2,1-4H3,(H,25,28)(H,26,27,29). The lowest BCUT2D eigenvalue weighted by Crippen LogP contribution is -2.17. The summed E-state index contributed by atoms with van der Waals surface area (Å²) in [7, 11) is 2.45. The molecule has 0 saturated heterocycles. The molecular formula is C24H21N3O6S3. The minimum atomic E-state index is -0.680. The maximum absolute atomic E-state index is 12.9. The highest BCUT2D eigenvalue weighted by Crippen LogP contribution is 2.36. The molecule has 2 N–H and O–H groups in total. The zero-order valence-electron chi connectivity index (χ0n) is 19.7. The van der Waals surface area contributed by atoms with Crippen molar-refractivity contribution in [2.75, 3.05) is 25.3 Å². The molecule has 9 nitrogen and oxygen atoms in total. The molecule has 186 valence electrons. The number of ether oxygens (including phenoxy) is 2. The number of nitrogens with one attached hydrogen (secondary N) is 2. The second kappa shape index (κ2) is 10.6. The van der Waals surface area contributed by atoms with Crippen LogP contribution in [0.2, 0.25) is 0 Å². The lowest BCUT2D eigenvalue weighted by atomic mass is 10.0. The van der Waals surface area contributed by atoms with Crippen molar-refractivity contribution >= 4 is 67.5 Å². The number of hydrogen-bond donors (Lipinski definition) is 2. The van der Waals surface area contributed by atoms with Gasteiger partial charge >= 0.3 is 11.9 Å². The van der Waals surface area contributed by atoms with Crippen LogP contribution in [0.15, 0.2) is 40.3 Å². The van der Waals surface area contributed by atoms with Gasteiger partial charge in [-0.1, -0.05) is 42.1 Å². The normalized spacial score (nSPS) is 10.9. The number of nitrogens with zero attached hydrogens (tertiary/aromatic N) is 1. The van der Waals surface area contributed by atoms with Gasteiger partial charge in [0, 0.05) is 10.4 Å². The Morgan fingerprint density at radius 1 is 1.06 bits per heavy atom. The molecule has 0 bridgehead atoms. The summed E-state index contributed by atoms with van der Waals surface area (Å²) in [5, 5.41) is 3.66. The van der Waals surface area contributed by atoms with Gasteiger partial charge in [-0.15, -0.1) is 22.7 Å². The third-order valence-electron chi connectivity index (χ3n) is 5.28. The minimum Gasteiger partial charge on any atom is -0.465 e. The molecular weight excluding hydrogens is 522 g/mol. The van der Waals surface area contributed by atoms with Crippen LogP contribution in [-0.2, 0) is 14.3 Å². The molecule has 1 aromatic carbocycles. The summed E-state index contributed by atoms with van der Waals surface area (Å²) in [6, 6.07) is 9.63. The van der Waals surface area contributed by atoms with Crippen molar-refractivity contribution in [2.45, 2.75) is 19.0 Å². The van der Waals surface area contributed by atoms with Gasteiger partial charge in [-0.25, -0.2) is 14.6 Å². The highest BCUT2D eigenvalue weighted by atomic mass is 32.2. The number of methoxy groups -OCH3 is 2. The number of benzene rings is 1. The van der Waals surface area contributed by atoms with E-state index in [0.717, 1.165) is 39.1 Å². The van der Waals surface area contributed by atoms with Gasteiger partial charge in [-0.2, -0.15) is 0 Å². The van der Waals surface area contributed by atoms with E-state index < -0.39 is 17.8 Å². The quantitative estimate of drug-likeness (QED) is 0.196. The van der Waals surface area contributed by atoms with E-state index >= 15 is 0 Å². The fourth-order valence-corrected chi connectivity index (χ4v) is 6.55. The van der Waals surface area contributed by atoms with Gasteiger partial charge in [-0.3, -0.25) is 9.59 Å². The van der Waals surface area contributed by atoms with Crippen molar-refractivity contribution in [1.29, 1.82) is 0 Å². The number of aromatic amines is 1. The third kappa shape index (κ3) is 4.92. The van der Waals surface area contributed by atoms with Crippen molar-refractivity contribution in [2.24, 2.45) is 0 Å². The Balaban J connectivity index is 1.55. The van der Waals surface area contributed by atoms with Crippen LogP contribution in [0.25, 0.3) is 21.3 Å². The van der Waals surface area contributed by atoms with Crippen molar-refractivity contribution in [3.8, 4) is 11.1 Å². The number of anilines is 1. The van der Waals surface area contributed by atoms with Gasteiger partial charge in [0.05, 0.1) is 30.9 Å². The Morgan fingerprint density at radius 3 is 2.42 bits per heavy atom. The van der Waals surface area contributed by atoms with Gasteiger partial charge in [-0.05, 0) is 25.0 Å². The Bertz CT molecular complexity index is 1540. The van der Waals surface area contributed by atoms with Gasteiger partial charge < -0.3 is 19.8 Å². The van der Waals surface area contributed by atoms with E-state index in [2.05, 4.69) is 15.3 Å². The number of H-pyrrole nitrogens is 1. The number of thioether (sulfide) groups is 1. The summed E-state index contributed by atoms with van der Waals surface area (Å²) >= 11 is 3.40. The first-order valence-corrected chi connectivity index (χ1v) is 13.2. The van der Waals surface area contributed by atoms with Gasteiger partial charge in [0.25, 0.3) is 5.56 Å². The summed E-state index contributed by atoms with van der Waals surface area (Å²) in [6.45, 7) is 3.52. The number of fused-ring (bicyclic) bond motifs is 1. The number of hydrogen-bond acceptors (Lipinski definition) is 10. The van der Waals surface area contributed by atoms with Gasteiger partial charge in [0.2, 0.25) is 5.91 Å². The number of aryl methyl sites for hydroxylation is 1. The van der Waals surface area contributed by atoms with Crippen LogP contribution in [0.1, 0.15) is 30.5 Å². The van der Waals surface area contributed by atoms with E-state index in [4.69, 9.17) is 9.47 Å². The molecule has 36 heavy (non-hydrogen) atoms. The van der Waals surface area contributed by atoms with Crippen molar-refractivity contribution in [3.63, 3.8) is 0 Å². The molecule has 0 unspecified atom stereocenters. The molecule has 0 radical (unpaired) electrons. The number of amides is 1. The first-order valence-electron chi connectivity index (χ1n) is 10.6. The third-order valence-corrected chi connectivity index (χ3v) is 8.34. The number of rotatable bonds is 7.